The summed E-state index contributed by atoms with van der Waals surface area (Å²) >= 11 is 0. The molecule has 3 aliphatic rings. The van der Waals surface area contributed by atoms with E-state index in [4.69, 9.17) is 4.98 Å². The summed E-state index contributed by atoms with van der Waals surface area (Å²) in [6, 6.07) is 5.36. The van der Waals surface area contributed by atoms with Gasteiger partial charge in [-0.1, -0.05) is 39.0 Å². The van der Waals surface area contributed by atoms with Gasteiger partial charge in [0.05, 0.1) is 22.8 Å². The number of likely N-dealkylation sites (tertiary alicyclic amines) is 1. The standard InChI is InChI=1S/C29H39N7O3/c1-5-25-31-21-12-17(6-11-23(21)36(25)19-9-10-19)14-30-27(38)24-13-20(37)15-34(24)28(39)26(29(2,3)4)35-16-22(32-33-35)18-7-8-18/h6,11-12,16,18-20,24,26,37H,5,7-10,13-15H2,1-4H3,(H,30,38)/t20?,24?,26-/m1/s1. The molecule has 10 heteroatoms. The number of aliphatic hydroxyl groups excluding tert-OH is 1. The minimum absolute atomic E-state index is 0.123. The highest BCUT2D eigenvalue weighted by atomic mass is 16.3. The molecule has 39 heavy (non-hydrogen) atoms. The van der Waals surface area contributed by atoms with Crippen molar-refractivity contribution >= 4 is 22.8 Å². The normalized spacial score (nSPS) is 22.4. The van der Waals surface area contributed by atoms with Crippen LogP contribution in [0.3, 0.4) is 0 Å². The van der Waals surface area contributed by atoms with Gasteiger partial charge in [0.1, 0.15) is 17.9 Å². The van der Waals surface area contributed by atoms with Crippen LogP contribution < -0.4 is 5.32 Å². The summed E-state index contributed by atoms with van der Waals surface area (Å²) in [6.07, 6.45) is 6.82. The quantitative estimate of drug-likeness (QED) is 0.459. The first-order chi connectivity index (χ1) is 18.6. The third-order valence-corrected chi connectivity index (χ3v) is 8.23. The third kappa shape index (κ3) is 5.06. The van der Waals surface area contributed by atoms with Crippen LogP contribution in [0.15, 0.2) is 24.4 Å². The first kappa shape index (κ1) is 26.0. The molecule has 1 aromatic carbocycles. The number of rotatable bonds is 8. The molecule has 3 aromatic rings. The van der Waals surface area contributed by atoms with Crippen LogP contribution in [0.2, 0.25) is 0 Å². The van der Waals surface area contributed by atoms with Gasteiger partial charge < -0.3 is 19.9 Å². The van der Waals surface area contributed by atoms with E-state index in [1.807, 2.05) is 39.1 Å². The third-order valence-electron chi connectivity index (χ3n) is 8.23. The van der Waals surface area contributed by atoms with Gasteiger partial charge in [0.15, 0.2) is 0 Å². The highest BCUT2D eigenvalue weighted by Crippen LogP contribution is 2.41. The van der Waals surface area contributed by atoms with Gasteiger partial charge >= 0.3 is 0 Å². The van der Waals surface area contributed by atoms with Gasteiger partial charge in [-0.2, -0.15) is 0 Å². The molecule has 2 saturated carbocycles. The fourth-order valence-electron chi connectivity index (χ4n) is 5.93. The number of β-amino-alcohol motifs (C(OH)–C–C–N with tert-alkyl or cyclic N) is 1. The van der Waals surface area contributed by atoms with E-state index in [0.717, 1.165) is 47.4 Å². The van der Waals surface area contributed by atoms with Crippen molar-refractivity contribution in [2.45, 2.75) is 103 Å². The summed E-state index contributed by atoms with van der Waals surface area (Å²) in [5.41, 5.74) is 3.50. The maximum Gasteiger partial charge on any atom is 0.248 e. The van der Waals surface area contributed by atoms with Crippen LogP contribution >= 0.6 is 0 Å². The summed E-state index contributed by atoms with van der Waals surface area (Å²) in [4.78, 5) is 33.7. The minimum atomic E-state index is -0.752. The molecule has 10 nitrogen and oxygen atoms in total. The summed E-state index contributed by atoms with van der Waals surface area (Å²) in [5, 5.41) is 22.1. The first-order valence-corrected chi connectivity index (χ1v) is 14.3. The Morgan fingerprint density at radius 2 is 1.95 bits per heavy atom. The van der Waals surface area contributed by atoms with E-state index >= 15 is 0 Å². The van der Waals surface area contributed by atoms with Crippen LogP contribution in [0, 0.1) is 5.41 Å². The Labute approximate surface area is 228 Å². The Hall–Kier alpha value is -3.27. The fraction of sp³-hybridized carbons (Fsp3) is 0.621. The molecule has 0 bridgehead atoms. The maximum absolute atomic E-state index is 13.9. The van der Waals surface area contributed by atoms with Gasteiger partial charge in [-0.15, -0.1) is 5.10 Å². The highest BCUT2D eigenvalue weighted by molar-refractivity contribution is 5.90. The number of aromatic nitrogens is 5. The van der Waals surface area contributed by atoms with Crippen LogP contribution in [-0.4, -0.2) is 65.1 Å². The molecule has 3 heterocycles. The number of nitrogens with one attached hydrogen (secondary N) is 1. The molecule has 2 amide bonds. The van der Waals surface area contributed by atoms with E-state index in [1.54, 1.807) is 4.68 Å². The lowest BCUT2D eigenvalue weighted by Gasteiger charge is -2.34. The second-order valence-electron chi connectivity index (χ2n) is 12.6. The number of imidazole rings is 1. The van der Waals surface area contributed by atoms with E-state index in [1.165, 1.54) is 17.7 Å². The number of nitrogens with zero attached hydrogens (tertiary/aromatic N) is 6. The molecule has 0 radical (unpaired) electrons. The highest BCUT2D eigenvalue weighted by Gasteiger charge is 2.45. The predicted molar refractivity (Wildman–Crippen MR) is 146 cm³/mol. The van der Waals surface area contributed by atoms with Gasteiger partial charge in [-0.25, -0.2) is 9.67 Å². The molecule has 2 aromatic heterocycles. The number of amides is 2. The molecular formula is C29H39N7O3. The number of fused-ring (bicyclic) bond motifs is 1. The van der Waals surface area contributed by atoms with Crippen molar-refractivity contribution in [1.82, 2.24) is 34.8 Å². The van der Waals surface area contributed by atoms with Crippen molar-refractivity contribution in [3.8, 4) is 0 Å². The summed E-state index contributed by atoms with van der Waals surface area (Å²) < 4.78 is 4.01. The van der Waals surface area contributed by atoms with Gasteiger partial charge in [0.25, 0.3) is 0 Å². The van der Waals surface area contributed by atoms with Crippen molar-refractivity contribution in [3.05, 3.63) is 41.5 Å². The number of aryl methyl sites for hydroxylation is 1. The molecule has 3 fully saturated rings. The SMILES string of the molecule is CCc1nc2cc(CNC(=O)C3CC(O)CN3C(=O)[C@@H](n3cc(C4CC4)nn3)C(C)(C)C)ccc2n1C1CC1. The molecule has 2 unspecified atom stereocenters. The topological polar surface area (TPSA) is 118 Å². The molecule has 208 valence electrons. The second kappa shape index (κ2) is 9.73. The lowest BCUT2D eigenvalue weighted by molar-refractivity contribution is -0.144. The molecule has 6 rings (SSSR count). The van der Waals surface area contributed by atoms with Gasteiger partial charge in [0.2, 0.25) is 11.8 Å². The van der Waals surface area contributed by atoms with Crippen LogP contribution in [-0.2, 0) is 22.6 Å². The van der Waals surface area contributed by atoms with Crippen LogP contribution in [0.5, 0.6) is 0 Å². The van der Waals surface area contributed by atoms with Crippen LogP contribution in [0.25, 0.3) is 11.0 Å². The molecule has 1 aliphatic heterocycles. The first-order valence-electron chi connectivity index (χ1n) is 14.3. The lowest BCUT2D eigenvalue weighted by Crippen LogP contribution is -2.50. The zero-order chi connectivity index (χ0) is 27.5. The summed E-state index contributed by atoms with van der Waals surface area (Å²) in [6.45, 7) is 8.54. The average molecular weight is 534 g/mol. The van der Waals surface area contributed by atoms with Crippen molar-refractivity contribution in [1.29, 1.82) is 0 Å². The zero-order valence-corrected chi connectivity index (χ0v) is 23.3. The number of carbonyl (C=O) groups excluding carboxylic acids is 2. The Balaban J connectivity index is 1.17. The Morgan fingerprint density at radius 3 is 2.62 bits per heavy atom. The van der Waals surface area contributed by atoms with Crippen molar-refractivity contribution in [2.24, 2.45) is 5.41 Å². The van der Waals surface area contributed by atoms with Crippen LogP contribution in [0.4, 0.5) is 0 Å². The van der Waals surface area contributed by atoms with E-state index in [-0.39, 0.29) is 24.8 Å². The van der Waals surface area contributed by atoms with E-state index in [2.05, 4.69) is 33.2 Å². The number of hydrogen-bond acceptors (Lipinski definition) is 6. The number of carbonyl (C=O) groups is 2. The summed E-state index contributed by atoms with van der Waals surface area (Å²) in [7, 11) is 0. The number of benzene rings is 1. The van der Waals surface area contributed by atoms with E-state index < -0.39 is 23.6 Å². The minimum Gasteiger partial charge on any atom is -0.391 e. The lowest BCUT2D eigenvalue weighted by atomic mass is 9.85. The van der Waals surface area contributed by atoms with E-state index in [0.29, 0.717) is 18.5 Å². The Kier molecular flexibility index (Phi) is 6.48. The number of hydrogen-bond donors (Lipinski definition) is 2. The second-order valence-corrected chi connectivity index (χ2v) is 12.6. The molecular weight excluding hydrogens is 494 g/mol. The summed E-state index contributed by atoms with van der Waals surface area (Å²) in [5.74, 6) is 1.05. The maximum atomic E-state index is 13.9. The molecule has 2 aliphatic carbocycles. The molecule has 3 atom stereocenters. The predicted octanol–water partition coefficient (Wildman–Crippen LogP) is 3.27. The fourth-order valence-corrected chi connectivity index (χ4v) is 5.93. The monoisotopic (exact) mass is 533 g/mol. The van der Waals surface area contributed by atoms with Gasteiger partial charge in [-0.3, -0.25) is 9.59 Å². The largest absolute Gasteiger partial charge is 0.391 e. The average Bonchev–Trinajstić information content (AvgIpc) is 3.80. The van der Waals surface area contributed by atoms with E-state index in [9.17, 15) is 14.7 Å². The smallest absolute Gasteiger partial charge is 0.248 e. The van der Waals surface area contributed by atoms with Crippen molar-refractivity contribution < 1.29 is 14.7 Å². The molecule has 0 spiro atoms. The van der Waals surface area contributed by atoms with Crippen molar-refractivity contribution in [2.75, 3.05) is 6.54 Å². The van der Waals surface area contributed by atoms with Gasteiger partial charge in [-0.05, 0) is 48.8 Å². The molecule has 2 N–H and O–H groups in total. The van der Waals surface area contributed by atoms with Gasteiger partial charge in [0, 0.05) is 44.1 Å². The molecule has 1 saturated heterocycles. The van der Waals surface area contributed by atoms with Crippen LogP contribution in [0.1, 0.15) is 94.9 Å². The zero-order valence-electron chi connectivity index (χ0n) is 23.3. The van der Waals surface area contributed by atoms with Crippen molar-refractivity contribution in [3.63, 3.8) is 0 Å². The number of aliphatic hydroxyl groups is 1. The Bertz CT molecular complexity index is 1400. The Morgan fingerprint density at radius 1 is 1.18 bits per heavy atom.